The van der Waals surface area contributed by atoms with Gasteiger partial charge in [-0.25, -0.2) is 9.78 Å². The maximum Gasteiger partial charge on any atom is 0.354 e. The Morgan fingerprint density at radius 3 is 2.62 bits per heavy atom. The molecule has 0 aliphatic rings. The first-order valence-corrected chi connectivity index (χ1v) is 6.65. The Labute approximate surface area is 123 Å². The van der Waals surface area contributed by atoms with Crippen LogP contribution in [0.3, 0.4) is 0 Å². The molecule has 3 N–H and O–H groups in total. The smallest absolute Gasteiger partial charge is 0.354 e. The second-order valence-corrected chi connectivity index (χ2v) is 5.12. The SMILES string of the molecule is CC(=O)Nc1ccc(C(=O)Nc2ccnc(C(=O)O)c2)s1. The van der Waals surface area contributed by atoms with E-state index in [9.17, 15) is 14.4 Å². The largest absolute Gasteiger partial charge is 0.477 e. The van der Waals surface area contributed by atoms with Gasteiger partial charge in [0.15, 0.2) is 0 Å². The molecular weight excluding hydrogens is 294 g/mol. The third kappa shape index (κ3) is 3.86. The topological polar surface area (TPSA) is 108 Å². The number of carbonyl (C=O) groups excluding carboxylic acids is 2. The summed E-state index contributed by atoms with van der Waals surface area (Å²) < 4.78 is 0. The first kappa shape index (κ1) is 14.7. The van der Waals surface area contributed by atoms with Gasteiger partial charge < -0.3 is 15.7 Å². The van der Waals surface area contributed by atoms with Crippen molar-refractivity contribution in [1.82, 2.24) is 4.98 Å². The van der Waals surface area contributed by atoms with E-state index in [0.717, 1.165) is 11.3 Å². The Hall–Kier alpha value is -2.74. The van der Waals surface area contributed by atoms with Crippen LogP contribution in [-0.4, -0.2) is 27.9 Å². The second-order valence-electron chi connectivity index (χ2n) is 4.03. The van der Waals surface area contributed by atoms with Gasteiger partial charge in [0.2, 0.25) is 5.91 Å². The van der Waals surface area contributed by atoms with Gasteiger partial charge in [-0.15, -0.1) is 11.3 Å². The number of pyridine rings is 1. The van der Waals surface area contributed by atoms with Crippen LogP contribution in [0.1, 0.15) is 27.1 Å². The van der Waals surface area contributed by atoms with Crippen LogP contribution in [0.2, 0.25) is 0 Å². The molecule has 0 fully saturated rings. The zero-order valence-corrected chi connectivity index (χ0v) is 11.7. The number of amides is 2. The predicted molar refractivity (Wildman–Crippen MR) is 77.8 cm³/mol. The van der Waals surface area contributed by atoms with Crippen LogP contribution in [0, 0.1) is 0 Å². The number of rotatable bonds is 4. The van der Waals surface area contributed by atoms with Gasteiger partial charge in [-0.3, -0.25) is 9.59 Å². The van der Waals surface area contributed by atoms with E-state index in [4.69, 9.17) is 5.11 Å². The normalized spacial score (nSPS) is 9.95. The van der Waals surface area contributed by atoms with Crippen molar-refractivity contribution >= 4 is 39.8 Å². The molecule has 108 valence electrons. The van der Waals surface area contributed by atoms with E-state index in [0.29, 0.717) is 15.6 Å². The first-order valence-electron chi connectivity index (χ1n) is 5.84. The zero-order chi connectivity index (χ0) is 15.4. The minimum absolute atomic E-state index is 0.155. The van der Waals surface area contributed by atoms with Crippen LogP contribution in [0.4, 0.5) is 10.7 Å². The number of carboxylic acid groups (broad SMARTS) is 1. The van der Waals surface area contributed by atoms with E-state index in [1.165, 1.54) is 25.3 Å². The summed E-state index contributed by atoms with van der Waals surface area (Å²) in [7, 11) is 0. The Balaban J connectivity index is 2.10. The quantitative estimate of drug-likeness (QED) is 0.801. The zero-order valence-electron chi connectivity index (χ0n) is 10.9. The molecule has 2 heterocycles. The first-order chi connectivity index (χ1) is 9.95. The number of nitrogens with one attached hydrogen (secondary N) is 2. The van der Waals surface area contributed by atoms with Crippen LogP contribution in [-0.2, 0) is 4.79 Å². The fourth-order valence-corrected chi connectivity index (χ4v) is 2.37. The number of carboxylic acids is 1. The number of hydrogen-bond donors (Lipinski definition) is 3. The highest BCUT2D eigenvalue weighted by atomic mass is 32.1. The summed E-state index contributed by atoms with van der Waals surface area (Å²) in [6.07, 6.45) is 1.30. The summed E-state index contributed by atoms with van der Waals surface area (Å²) in [4.78, 5) is 37.8. The molecule has 2 aromatic rings. The van der Waals surface area contributed by atoms with E-state index >= 15 is 0 Å². The van der Waals surface area contributed by atoms with Crippen LogP contribution in [0.25, 0.3) is 0 Å². The summed E-state index contributed by atoms with van der Waals surface area (Å²) >= 11 is 1.12. The number of anilines is 2. The van der Waals surface area contributed by atoms with E-state index in [2.05, 4.69) is 15.6 Å². The number of aromatic nitrogens is 1. The van der Waals surface area contributed by atoms with Crippen molar-refractivity contribution in [3.63, 3.8) is 0 Å². The van der Waals surface area contributed by atoms with Gasteiger partial charge in [-0.1, -0.05) is 0 Å². The number of carbonyl (C=O) groups is 3. The molecule has 7 nitrogen and oxygen atoms in total. The molecule has 0 aliphatic carbocycles. The number of thiophene rings is 1. The Morgan fingerprint density at radius 2 is 1.95 bits per heavy atom. The van der Waals surface area contributed by atoms with Gasteiger partial charge in [-0.05, 0) is 24.3 Å². The highest BCUT2D eigenvalue weighted by molar-refractivity contribution is 7.18. The Bertz CT molecular complexity index is 711. The minimum atomic E-state index is -1.17. The molecule has 2 amide bonds. The Morgan fingerprint density at radius 1 is 1.19 bits per heavy atom. The molecule has 2 rings (SSSR count). The third-order valence-electron chi connectivity index (χ3n) is 2.37. The van der Waals surface area contributed by atoms with Gasteiger partial charge in [0.05, 0.1) is 9.88 Å². The van der Waals surface area contributed by atoms with E-state index in [1.54, 1.807) is 12.1 Å². The molecule has 0 aromatic carbocycles. The van der Waals surface area contributed by atoms with E-state index < -0.39 is 5.97 Å². The maximum atomic E-state index is 12.0. The molecule has 0 atom stereocenters. The van der Waals surface area contributed by atoms with Crippen LogP contribution >= 0.6 is 11.3 Å². The van der Waals surface area contributed by atoms with Gasteiger partial charge in [0, 0.05) is 18.8 Å². The van der Waals surface area contributed by atoms with Crippen molar-refractivity contribution in [2.24, 2.45) is 0 Å². The van der Waals surface area contributed by atoms with Crippen molar-refractivity contribution < 1.29 is 19.5 Å². The molecule has 0 radical (unpaired) electrons. The monoisotopic (exact) mass is 305 g/mol. The standard InChI is InChI=1S/C13H11N3O4S/c1-7(17)15-11-3-2-10(21-11)12(18)16-8-4-5-14-9(6-8)13(19)20/h2-6H,1H3,(H,15,17)(H,19,20)(H,14,16,18). The van der Waals surface area contributed by atoms with Crippen molar-refractivity contribution in [2.75, 3.05) is 10.6 Å². The molecule has 0 unspecified atom stereocenters. The molecule has 2 aromatic heterocycles. The summed E-state index contributed by atoms with van der Waals surface area (Å²) in [5.41, 5.74) is 0.180. The lowest BCUT2D eigenvalue weighted by molar-refractivity contribution is -0.114. The number of nitrogens with zero attached hydrogens (tertiary/aromatic N) is 1. The average molecular weight is 305 g/mol. The average Bonchev–Trinajstić information content (AvgIpc) is 2.86. The van der Waals surface area contributed by atoms with E-state index in [1.807, 2.05) is 0 Å². The highest BCUT2D eigenvalue weighted by Gasteiger charge is 2.12. The van der Waals surface area contributed by atoms with Gasteiger partial charge in [0.1, 0.15) is 5.69 Å². The maximum absolute atomic E-state index is 12.0. The second kappa shape index (κ2) is 6.14. The minimum Gasteiger partial charge on any atom is -0.477 e. The molecule has 0 aliphatic heterocycles. The van der Waals surface area contributed by atoms with Crippen LogP contribution in [0.5, 0.6) is 0 Å². The van der Waals surface area contributed by atoms with Gasteiger partial charge in [0.25, 0.3) is 5.91 Å². The van der Waals surface area contributed by atoms with Crippen LogP contribution < -0.4 is 10.6 Å². The van der Waals surface area contributed by atoms with Crippen LogP contribution in [0.15, 0.2) is 30.5 Å². The fraction of sp³-hybridized carbons (Fsp3) is 0.0769. The lowest BCUT2D eigenvalue weighted by Crippen LogP contribution is -2.11. The molecule has 0 bridgehead atoms. The molecule has 0 saturated carbocycles. The molecule has 8 heteroatoms. The van der Waals surface area contributed by atoms with E-state index in [-0.39, 0.29) is 17.5 Å². The number of aromatic carboxylic acids is 1. The highest BCUT2D eigenvalue weighted by Crippen LogP contribution is 2.23. The molecule has 0 saturated heterocycles. The lowest BCUT2D eigenvalue weighted by atomic mass is 10.3. The number of hydrogen-bond acceptors (Lipinski definition) is 5. The van der Waals surface area contributed by atoms with Gasteiger partial charge >= 0.3 is 5.97 Å². The van der Waals surface area contributed by atoms with Crippen molar-refractivity contribution in [2.45, 2.75) is 6.92 Å². The summed E-state index contributed by atoms with van der Waals surface area (Å²) in [6.45, 7) is 1.38. The Kier molecular flexibility index (Phi) is 4.29. The van der Waals surface area contributed by atoms with Crippen molar-refractivity contribution in [3.05, 3.63) is 41.0 Å². The summed E-state index contributed by atoms with van der Waals surface area (Å²) in [5, 5.41) is 14.6. The third-order valence-corrected chi connectivity index (χ3v) is 3.37. The van der Waals surface area contributed by atoms with Gasteiger partial charge in [-0.2, -0.15) is 0 Å². The molecular formula is C13H11N3O4S. The summed E-state index contributed by atoms with van der Waals surface area (Å²) in [5.74, 6) is -1.78. The molecule has 21 heavy (non-hydrogen) atoms. The van der Waals surface area contributed by atoms with Crippen molar-refractivity contribution in [3.8, 4) is 0 Å². The predicted octanol–water partition coefficient (Wildman–Crippen LogP) is 2.05. The van der Waals surface area contributed by atoms with Crippen molar-refractivity contribution in [1.29, 1.82) is 0 Å². The fourth-order valence-electron chi connectivity index (χ4n) is 1.52. The lowest BCUT2D eigenvalue weighted by Gasteiger charge is -2.03. The molecule has 0 spiro atoms. The summed E-state index contributed by atoms with van der Waals surface area (Å²) in [6, 6.07) is 5.95.